The fourth-order valence-electron chi connectivity index (χ4n) is 3.77. The average molecular weight is 377 g/mol. The maximum absolute atomic E-state index is 14.8. The third-order valence-electron chi connectivity index (χ3n) is 5.25. The number of fused-ring (bicyclic) bond motifs is 3. The van der Waals surface area contributed by atoms with Crippen molar-refractivity contribution in [2.45, 2.75) is 24.2 Å². The Hall–Kier alpha value is -2.06. The van der Waals surface area contributed by atoms with Crippen LogP contribution in [0.4, 0.5) is 10.1 Å². The highest BCUT2D eigenvalue weighted by Gasteiger charge is 2.33. The number of anilines is 1. The molecule has 0 saturated carbocycles. The van der Waals surface area contributed by atoms with E-state index in [1.807, 2.05) is 16.4 Å². The molecule has 26 heavy (non-hydrogen) atoms. The van der Waals surface area contributed by atoms with Gasteiger partial charge in [-0.05, 0) is 25.6 Å². The molecule has 2 aliphatic heterocycles. The number of halogens is 1. The predicted octanol–water partition coefficient (Wildman–Crippen LogP) is 2.60. The number of piperazine rings is 1. The maximum atomic E-state index is 14.8. The first-order valence-corrected chi connectivity index (χ1v) is 9.59. The summed E-state index contributed by atoms with van der Waals surface area (Å²) in [6.45, 7) is 8.22. The summed E-state index contributed by atoms with van der Waals surface area (Å²) >= 11 is 1.35. The molecule has 0 aliphatic carbocycles. The monoisotopic (exact) mass is 377 g/mol. The molecule has 1 atom stereocenters. The van der Waals surface area contributed by atoms with Gasteiger partial charge in [0.05, 0.1) is 21.6 Å². The molecule has 0 spiro atoms. The summed E-state index contributed by atoms with van der Waals surface area (Å²) in [5.74, 6) is -1.74. The topological polar surface area (TPSA) is 65.8 Å². The van der Waals surface area contributed by atoms with Crippen LogP contribution in [0.15, 0.2) is 22.0 Å². The molecule has 1 saturated heterocycles. The SMILES string of the molecule is CCN1CCN(c2cc3c(cc2F)c(=O)c(C(=O)O)c2n3C(C)S2)CC1. The quantitative estimate of drug-likeness (QED) is 0.887. The summed E-state index contributed by atoms with van der Waals surface area (Å²) in [6, 6.07) is 2.91. The number of carboxylic acids is 1. The Balaban J connectivity index is 1.87. The van der Waals surface area contributed by atoms with Gasteiger partial charge in [0.25, 0.3) is 0 Å². The van der Waals surface area contributed by atoms with Gasteiger partial charge in [-0.2, -0.15) is 0 Å². The van der Waals surface area contributed by atoms with Crippen LogP contribution in [-0.2, 0) is 0 Å². The lowest BCUT2D eigenvalue weighted by atomic mass is 10.1. The summed E-state index contributed by atoms with van der Waals surface area (Å²) in [4.78, 5) is 28.4. The Bertz CT molecular complexity index is 967. The molecule has 138 valence electrons. The first-order valence-electron chi connectivity index (χ1n) is 8.71. The Morgan fingerprint density at radius 1 is 1.31 bits per heavy atom. The minimum absolute atomic E-state index is 0.0152. The highest BCUT2D eigenvalue weighted by Crippen LogP contribution is 2.46. The zero-order valence-electron chi connectivity index (χ0n) is 14.7. The highest BCUT2D eigenvalue weighted by molar-refractivity contribution is 8.00. The molecular weight excluding hydrogens is 357 g/mol. The third kappa shape index (κ3) is 2.51. The van der Waals surface area contributed by atoms with Crippen LogP contribution in [0.5, 0.6) is 0 Å². The van der Waals surface area contributed by atoms with Crippen molar-refractivity contribution < 1.29 is 14.3 Å². The maximum Gasteiger partial charge on any atom is 0.342 e. The zero-order chi connectivity index (χ0) is 18.6. The molecule has 2 aromatic rings. The lowest BCUT2D eigenvalue weighted by Gasteiger charge is -2.36. The van der Waals surface area contributed by atoms with Crippen LogP contribution >= 0.6 is 11.8 Å². The number of carboxylic acid groups (broad SMARTS) is 1. The molecule has 6 nitrogen and oxygen atoms in total. The number of thioether (sulfide) groups is 1. The molecule has 1 N–H and O–H groups in total. The molecule has 0 radical (unpaired) electrons. The van der Waals surface area contributed by atoms with E-state index in [0.29, 0.717) is 16.2 Å². The smallest absolute Gasteiger partial charge is 0.342 e. The van der Waals surface area contributed by atoms with Crippen molar-refractivity contribution >= 4 is 34.3 Å². The second-order valence-electron chi connectivity index (χ2n) is 6.64. The minimum Gasteiger partial charge on any atom is -0.477 e. The summed E-state index contributed by atoms with van der Waals surface area (Å²) < 4.78 is 16.6. The first kappa shape index (κ1) is 17.4. The Morgan fingerprint density at radius 2 is 2.00 bits per heavy atom. The summed E-state index contributed by atoms with van der Waals surface area (Å²) in [5.41, 5.74) is 0.216. The summed E-state index contributed by atoms with van der Waals surface area (Å²) in [7, 11) is 0. The van der Waals surface area contributed by atoms with Crippen LogP contribution in [0.2, 0.25) is 0 Å². The molecule has 0 amide bonds. The van der Waals surface area contributed by atoms with Gasteiger partial charge in [0.1, 0.15) is 11.4 Å². The fourth-order valence-corrected chi connectivity index (χ4v) is 4.93. The van der Waals surface area contributed by atoms with E-state index in [2.05, 4.69) is 11.8 Å². The van der Waals surface area contributed by atoms with Gasteiger partial charge < -0.3 is 19.5 Å². The minimum atomic E-state index is -1.26. The first-order chi connectivity index (χ1) is 12.4. The average Bonchev–Trinajstić information content (AvgIpc) is 2.61. The van der Waals surface area contributed by atoms with Crippen molar-refractivity contribution in [1.29, 1.82) is 0 Å². The van der Waals surface area contributed by atoms with E-state index in [9.17, 15) is 19.1 Å². The molecule has 1 aromatic heterocycles. The van der Waals surface area contributed by atoms with E-state index in [1.54, 1.807) is 6.07 Å². The lowest BCUT2D eigenvalue weighted by Crippen LogP contribution is -2.46. The van der Waals surface area contributed by atoms with Crippen LogP contribution < -0.4 is 10.3 Å². The van der Waals surface area contributed by atoms with Gasteiger partial charge in [0.2, 0.25) is 5.43 Å². The van der Waals surface area contributed by atoms with Crippen molar-refractivity contribution in [2.75, 3.05) is 37.6 Å². The van der Waals surface area contributed by atoms with Crippen molar-refractivity contribution in [2.24, 2.45) is 0 Å². The molecule has 4 rings (SSSR count). The van der Waals surface area contributed by atoms with Gasteiger partial charge in [-0.3, -0.25) is 4.79 Å². The number of aromatic nitrogens is 1. The number of hydrogen-bond acceptors (Lipinski definition) is 5. The fraction of sp³-hybridized carbons (Fsp3) is 0.444. The summed E-state index contributed by atoms with van der Waals surface area (Å²) in [5, 5.41) is 9.99. The van der Waals surface area contributed by atoms with Gasteiger partial charge in [-0.25, -0.2) is 9.18 Å². The van der Waals surface area contributed by atoms with Crippen LogP contribution in [0.25, 0.3) is 10.9 Å². The van der Waals surface area contributed by atoms with Gasteiger partial charge in [-0.15, -0.1) is 0 Å². The van der Waals surface area contributed by atoms with Crippen molar-refractivity contribution in [1.82, 2.24) is 9.47 Å². The Labute approximate surface area is 154 Å². The number of carbonyl (C=O) groups is 1. The van der Waals surface area contributed by atoms with Gasteiger partial charge >= 0.3 is 5.97 Å². The normalized spacial score (nSPS) is 20.1. The number of hydrogen-bond donors (Lipinski definition) is 1. The van der Waals surface area contributed by atoms with Crippen LogP contribution in [0, 0.1) is 5.82 Å². The van der Waals surface area contributed by atoms with Crippen LogP contribution in [-0.4, -0.2) is 53.3 Å². The van der Waals surface area contributed by atoms with Crippen molar-refractivity contribution in [3.8, 4) is 0 Å². The number of benzene rings is 1. The Kier molecular flexibility index (Phi) is 4.19. The van der Waals surface area contributed by atoms with E-state index >= 15 is 0 Å². The molecule has 8 heteroatoms. The standard InChI is InChI=1S/C18H20FN3O3S/c1-3-20-4-6-21(7-5-20)14-9-13-11(8-12(14)19)16(23)15(18(24)25)17-22(13)10(2)26-17/h8-10H,3-7H2,1-2H3,(H,24,25). The van der Waals surface area contributed by atoms with Gasteiger partial charge in [0, 0.05) is 31.6 Å². The van der Waals surface area contributed by atoms with E-state index in [-0.39, 0.29) is 16.3 Å². The van der Waals surface area contributed by atoms with E-state index in [1.165, 1.54) is 17.8 Å². The van der Waals surface area contributed by atoms with Crippen molar-refractivity contribution in [3.05, 3.63) is 33.7 Å². The molecule has 1 unspecified atom stereocenters. The molecule has 1 aromatic carbocycles. The van der Waals surface area contributed by atoms with E-state index in [4.69, 9.17) is 0 Å². The summed E-state index contributed by atoms with van der Waals surface area (Å²) in [6.07, 6.45) is 0. The van der Waals surface area contributed by atoms with Crippen LogP contribution in [0.3, 0.4) is 0 Å². The number of rotatable bonds is 3. The second-order valence-corrected chi connectivity index (χ2v) is 7.95. The third-order valence-corrected chi connectivity index (χ3v) is 6.42. The van der Waals surface area contributed by atoms with E-state index < -0.39 is 17.2 Å². The lowest BCUT2D eigenvalue weighted by molar-refractivity contribution is 0.0689. The number of pyridine rings is 1. The predicted molar refractivity (Wildman–Crippen MR) is 100 cm³/mol. The highest BCUT2D eigenvalue weighted by atomic mass is 32.2. The molecule has 1 fully saturated rings. The largest absolute Gasteiger partial charge is 0.477 e. The van der Waals surface area contributed by atoms with Crippen LogP contribution in [0.1, 0.15) is 29.6 Å². The molecule has 3 heterocycles. The second kappa shape index (κ2) is 6.28. The van der Waals surface area contributed by atoms with E-state index in [0.717, 1.165) is 32.7 Å². The number of likely N-dealkylation sites (N-methyl/N-ethyl adjacent to an activating group) is 1. The zero-order valence-corrected chi connectivity index (χ0v) is 15.5. The van der Waals surface area contributed by atoms with Crippen molar-refractivity contribution in [3.63, 3.8) is 0 Å². The van der Waals surface area contributed by atoms with Gasteiger partial charge in [-0.1, -0.05) is 18.7 Å². The number of nitrogens with zero attached hydrogens (tertiary/aromatic N) is 3. The molecule has 2 aliphatic rings. The van der Waals surface area contributed by atoms with Gasteiger partial charge in [0.15, 0.2) is 0 Å². The Morgan fingerprint density at radius 3 is 2.58 bits per heavy atom. The number of aromatic carboxylic acids is 1. The molecular formula is C18H20FN3O3S. The molecule has 0 bridgehead atoms.